The van der Waals surface area contributed by atoms with E-state index in [1.54, 1.807) is 0 Å². The van der Waals surface area contributed by atoms with Crippen molar-refractivity contribution in [2.75, 3.05) is 6.16 Å². The Morgan fingerprint density at radius 1 is 1.25 bits per heavy atom. The Balaban J connectivity index is 2.48. The zero-order valence-corrected chi connectivity index (χ0v) is 10.1. The molecule has 2 heteroatoms. The minimum atomic E-state index is 0.812. The predicted molar refractivity (Wildman–Crippen MR) is 61.8 cm³/mol. The summed E-state index contributed by atoms with van der Waals surface area (Å²) < 4.78 is 1.17. The maximum absolute atomic E-state index is 3.43. The van der Waals surface area contributed by atoms with Crippen molar-refractivity contribution in [1.82, 2.24) is 0 Å². The summed E-state index contributed by atoms with van der Waals surface area (Å²) in [7, 11) is 0.960. The van der Waals surface area contributed by atoms with E-state index in [0.717, 1.165) is 14.5 Å². The molecule has 0 bridgehead atoms. The van der Waals surface area contributed by atoms with E-state index in [9.17, 15) is 0 Å². The van der Waals surface area contributed by atoms with Gasteiger partial charge in [0.1, 0.15) is 0 Å². The fraction of sp³-hybridized carbons (Fsp3) is 0.400. The molecule has 1 rings (SSSR count). The van der Waals surface area contributed by atoms with E-state index >= 15 is 0 Å². The van der Waals surface area contributed by atoms with Gasteiger partial charge in [-0.05, 0) is 29.5 Å². The topological polar surface area (TPSA) is 0 Å². The molecule has 0 N–H and O–H groups in total. The van der Waals surface area contributed by atoms with Crippen LogP contribution in [0, 0.1) is 5.92 Å². The number of hydrogen-bond acceptors (Lipinski definition) is 0. The van der Waals surface area contributed by atoms with Gasteiger partial charge in [-0.3, -0.25) is 0 Å². The van der Waals surface area contributed by atoms with Crippen LogP contribution in [0.1, 0.15) is 13.8 Å². The van der Waals surface area contributed by atoms with Crippen LogP contribution in [0.5, 0.6) is 0 Å². The van der Waals surface area contributed by atoms with E-state index in [2.05, 4.69) is 54.0 Å². The molecule has 1 aromatic rings. The van der Waals surface area contributed by atoms with Crippen LogP contribution in [0.25, 0.3) is 0 Å². The molecule has 12 heavy (non-hydrogen) atoms. The zero-order valence-electron chi connectivity index (χ0n) is 7.47. The Morgan fingerprint density at radius 3 is 2.33 bits per heavy atom. The maximum atomic E-state index is 3.43. The van der Waals surface area contributed by atoms with E-state index in [1.165, 1.54) is 15.9 Å². The van der Waals surface area contributed by atoms with Gasteiger partial charge in [0, 0.05) is 4.47 Å². The molecular formula is C10H14BrP. The maximum Gasteiger partial charge on any atom is 0.0175 e. The summed E-state index contributed by atoms with van der Waals surface area (Å²) in [6, 6.07) is 8.63. The Hall–Kier alpha value is 0.130. The lowest BCUT2D eigenvalue weighted by molar-refractivity contribution is 0.749. The van der Waals surface area contributed by atoms with Crippen molar-refractivity contribution in [3.63, 3.8) is 0 Å². The largest absolute Gasteiger partial charge is 0.0901 e. The molecular weight excluding hydrogens is 231 g/mol. The number of benzene rings is 1. The molecule has 0 spiro atoms. The number of hydrogen-bond donors (Lipinski definition) is 0. The Labute approximate surface area is 84.7 Å². The van der Waals surface area contributed by atoms with E-state index in [0.29, 0.717) is 0 Å². The van der Waals surface area contributed by atoms with Gasteiger partial charge in [0.2, 0.25) is 0 Å². The van der Waals surface area contributed by atoms with Crippen LogP contribution in [-0.4, -0.2) is 6.16 Å². The molecule has 1 aromatic carbocycles. The first-order chi connectivity index (χ1) is 5.68. The van der Waals surface area contributed by atoms with Gasteiger partial charge in [0.15, 0.2) is 0 Å². The van der Waals surface area contributed by atoms with E-state index in [-0.39, 0.29) is 0 Å². The average Bonchev–Trinajstić information content (AvgIpc) is 2.03. The lowest BCUT2D eigenvalue weighted by atomic mass is 10.3. The molecule has 66 valence electrons. The van der Waals surface area contributed by atoms with Crippen LogP contribution in [0.15, 0.2) is 28.7 Å². The van der Waals surface area contributed by atoms with Crippen LogP contribution in [0.2, 0.25) is 0 Å². The third-order valence-corrected chi connectivity index (χ3v) is 3.85. The normalized spacial score (nSPS) is 11.7. The summed E-state index contributed by atoms with van der Waals surface area (Å²) in [6.45, 7) is 4.54. The number of rotatable bonds is 3. The smallest absolute Gasteiger partial charge is 0.0175 e. The average molecular weight is 245 g/mol. The molecule has 1 atom stereocenters. The molecule has 0 saturated heterocycles. The third kappa shape index (κ3) is 3.69. The molecule has 0 nitrogen and oxygen atoms in total. The van der Waals surface area contributed by atoms with Gasteiger partial charge >= 0.3 is 0 Å². The quantitative estimate of drug-likeness (QED) is 0.716. The summed E-state index contributed by atoms with van der Waals surface area (Å²) >= 11 is 3.43. The zero-order chi connectivity index (χ0) is 8.97. The van der Waals surface area contributed by atoms with Gasteiger partial charge in [-0.25, -0.2) is 0 Å². The molecule has 0 radical (unpaired) electrons. The molecule has 1 unspecified atom stereocenters. The fourth-order valence-corrected chi connectivity index (χ4v) is 2.20. The predicted octanol–water partition coefficient (Wildman–Crippen LogP) is 3.41. The van der Waals surface area contributed by atoms with Gasteiger partial charge < -0.3 is 0 Å². The second-order valence-electron chi connectivity index (χ2n) is 3.28. The van der Waals surface area contributed by atoms with Gasteiger partial charge in [0.05, 0.1) is 0 Å². The third-order valence-electron chi connectivity index (χ3n) is 1.56. The summed E-state index contributed by atoms with van der Waals surface area (Å²) in [5, 5.41) is 1.46. The molecule has 0 aliphatic heterocycles. The standard InChI is InChI=1S/C10H14BrP/c1-8(2)7-12-10-5-3-9(11)4-6-10/h3-6,8,12H,7H2,1-2H3. The molecule has 0 saturated carbocycles. The van der Waals surface area contributed by atoms with Crippen molar-refractivity contribution < 1.29 is 0 Å². The molecule has 0 aliphatic carbocycles. The van der Waals surface area contributed by atoms with Gasteiger partial charge in [0.25, 0.3) is 0 Å². The van der Waals surface area contributed by atoms with Crippen LogP contribution in [0.3, 0.4) is 0 Å². The highest BCUT2D eigenvalue weighted by Gasteiger charge is 1.95. The lowest BCUT2D eigenvalue weighted by Gasteiger charge is -2.04. The second kappa shape index (κ2) is 4.99. The summed E-state index contributed by atoms with van der Waals surface area (Å²) in [6.07, 6.45) is 1.31. The molecule has 0 heterocycles. The van der Waals surface area contributed by atoms with Gasteiger partial charge in [-0.2, -0.15) is 0 Å². The monoisotopic (exact) mass is 244 g/mol. The Bertz CT molecular complexity index is 228. The van der Waals surface area contributed by atoms with Gasteiger partial charge in [-0.15, -0.1) is 0 Å². The molecule has 0 fully saturated rings. The SMILES string of the molecule is CC(C)CPc1ccc(Br)cc1. The van der Waals surface area contributed by atoms with Crippen molar-refractivity contribution in [3.05, 3.63) is 28.7 Å². The van der Waals surface area contributed by atoms with Crippen molar-refractivity contribution >= 4 is 29.8 Å². The minimum absolute atomic E-state index is 0.812. The highest BCUT2D eigenvalue weighted by molar-refractivity contribution is 9.10. The van der Waals surface area contributed by atoms with Crippen molar-refractivity contribution in [2.45, 2.75) is 13.8 Å². The highest BCUT2D eigenvalue weighted by atomic mass is 79.9. The summed E-state index contributed by atoms with van der Waals surface area (Å²) in [5.41, 5.74) is 0. The fourth-order valence-electron chi connectivity index (χ4n) is 0.890. The molecule has 0 aromatic heterocycles. The first-order valence-corrected chi connectivity index (χ1v) is 6.18. The minimum Gasteiger partial charge on any atom is -0.0901 e. The Kier molecular flexibility index (Phi) is 4.25. The Morgan fingerprint density at radius 2 is 1.83 bits per heavy atom. The first-order valence-electron chi connectivity index (χ1n) is 4.18. The van der Waals surface area contributed by atoms with Crippen LogP contribution < -0.4 is 5.30 Å². The van der Waals surface area contributed by atoms with Crippen LogP contribution in [0.4, 0.5) is 0 Å². The van der Waals surface area contributed by atoms with Crippen LogP contribution in [-0.2, 0) is 0 Å². The van der Waals surface area contributed by atoms with E-state index in [4.69, 9.17) is 0 Å². The number of halogens is 1. The van der Waals surface area contributed by atoms with Crippen molar-refractivity contribution in [3.8, 4) is 0 Å². The summed E-state index contributed by atoms with van der Waals surface area (Å²) in [4.78, 5) is 0. The van der Waals surface area contributed by atoms with Gasteiger partial charge in [-0.1, -0.05) is 50.5 Å². The van der Waals surface area contributed by atoms with Crippen molar-refractivity contribution in [1.29, 1.82) is 0 Å². The van der Waals surface area contributed by atoms with E-state index in [1.807, 2.05) is 0 Å². The molecule has 0 amide bonds. The first kappa shape index (κ1) is 10.2. The van der Waals surface area contributed by atoms with E-state index < -0.39 is 0 Å². The summed E-state index contributed by atoms with van der Waals surface area (Å²) in [5.74, 6) is 0.812. The van der Waals surface area contributed by atoms with Crippen LogP contribution >= 0.6 is 24.5 Å². The second-order valence-corrected chi connectivity index (χ2v) is 5.54. The lowest BCUT2D eigenvalue weighted by Crippen LogP contribution is -1.97. The highest BCUT2D eigenvalue weighted by Crippen LogP contribution is 2.16. The molecule has 0 aliphatic rings. The van der Waals surface area contributed by atoms with Crippen molar-refractivity contribution in [2.24, 2.45) is 5.92 Å².